The summed E-state index contributed by atoms with van der Waals surface area (Å²) in [5, 5.41) is 3.79. The van der Waals surface area contributed by atoms with E-state index in [2.05, 4.69) is 16.4 Å². The van der Waals surface area contributed by atoms with Gasteiger partial charge in [0.1, 0.15) is 0 Å². The molecule has 0 fully saturated rings. The molecule has 0 unspecified atom stereocenters. The zero-order valence-corrected chi connectivity index (χ0v) is 14.4. The summed E-state index contributed by atoms with van der Waals surface area (Å²) in [5.74, 6) is -0.149. The van der Waals surface area contributed by atoms with Crippen LogP contribution in [0.3, 0.4) is 0 Å². The lowest BCUT2D eigenvalue weighted by atomic mass is 10.0. The second kappa shape index (κ2) is 6.76. The number of hydrogen-bond donors (Lipinski definition) is 1. The zero-order chi connectivity index (χ0) is 17.9. The van der Waals surface area contributed by atoms with Crippen molar-refractivity contribution in [2.45, 2.75) is 6.92 Å². The van der Waals surface area contributed by atoms with Crippen LogP contribution in [-0.4, -0.2) is 10.9 Å². The molecule has 0 radical (unpaired) electrons. The van der Waals surface area contributed by atoms with Gasteiger partial charge in [-0.05, 0) is 25.1 Å². The lowest BCUT2D eigenvalue weighted by Crippen LogP contribution is -2.14. The second-order valence-electron chi connectivity index (χ2n) is 6.18. The van der Waals surface area contributed by atoms with E-state index in [1.165, 1.54) is 0 Å². The molecule has 126 valence electrons. The first kappa shape index (κ1) is 16.0. The number of nitrogens with one attached hydrogen (secondary N) is 2. The molecule has 26 heavy (non-hydrogen) atoms. The van der Waals surface area contributed by atoms with Gasteiger partial charge >= 0.3 is 0 Å². The third-order valence-corrected chi connectivity index (χ3v) is 4.25. The van der Waals surface area contributed by atoms with E-state index in [4.69, 9.17) is 4.98 Å². The lowest BCUT2D eigenvalue weighted by Gasteiger charge is -2.10. The van der Waals surface area contributed by atoms with Gasteiger partial charge in [-0.15, -0.1) is 0 Å². The van der Waals surface area contributed by atoms with Crippen LogP contribution in [0.2, 0.25) is 0 Å². The molecule has 0 spiro atoms. The van der Waals surface area contributed by atoms with Crippen molar-refractivity contribution in [3.63, 3.8) is 0 Å². The summed E-state index contributed by atoms with van der Waals surface area (Å²) in [7, 11) is 0. The number of carbonyl (C=O) groups is 1. The van der Waals surface area contributed by atoms with Gasteiger partial charge in [0.2, 0.25) is 0 Å². The van der Waals surface area contributed by atoms with Crippen molar-refractivity contribution in [1.82, 2.24) is 4.98 Å². The third-order valence-electron chi connectivity index (χ3n) is 4.25. The van der Waals surface area contributed by atoms with E-state index in [9.17, 15) is 4.79 Å². The van der Waals surface area contributed by atoms with Crippen LogP contribution in [0, 0.1) is 6.92 Å². The van der Waals surface area contributed by atoms with Gasteiger partial charge in [0.05, 0.1) is 22.5 Å². The van der Waals surface area contributed by atoms with E-state index in [1.54, 1.807) is 12.4 Å². The molecule has 0 aliphatic carbocycles. The summed E-state index contributed by atoms with van der Waals surface area (Å²) in [4.78, 5) is 20.6. The molecule has 2 heterocycles. The number of fused-ring (bicyclic) bond motifs is 1. The maximum absolute atomic E-state index is 12.9. The number of carbonyl (C=O) groups excluding carboxylic acids is 1. The third kappa shape index (κ3) is 3.17. The molecule has 0 aliphatic rings. The quantitative estimate of drug-likeness (QED) is 0.605. The molecule has 4 aromatic rings. The highest BCUT2D eigenvalue weighted by molar-refractivity contribution is 6.13. The fourth-order valence-corrected chi connectivity index (χ4v) is 2.98. The minimum Gasteiger partial charge on any atom is -0.322 e. The number of H-pyrrole nitrogens is 1. The Morgan fingerprint density at radius 3 is 2.58 bits per heavy atom. The smallest absolute Gasteiger partial charge is 0.256 e. The van der Waals surface area contributed by atoms with Crippen LogP contribution in [0.1, 0.15) is 15.9 Å². The summed E-state index contributed by atoms with van der Waals surface area (Å²) in [6.45, 7) is 2.05. The molecule has 2 aromatic carbocycles. The predicted molar refractivity (Wildman–Crippen MR) is 103 cm³/mol. The standard InChI is InChI=1S/C22H17N3O/c1-15-5-4-6-16(13-15)21-14-19(18-7-2-3-8-20(18)25-21)22(26)24-17-9-11-23-12-10-17/h2-14H,1H3,(H,23,24,26)/p+1. The Hall–Kier alpha value is -3.53. The molecular formula is C22H18N3O+. The largest absolute Gasteiger partial charge is 0.322 e. The molecule has 1 amide bonds. The number of hydrogen-bond acceptors (Lipinski definition) is 2. The van der Waals surface area contributed by atoms with Crippen LogP contribution < -0.4 is 10.3 Å². The Morgan fingerprint density at radius 2 is 1.77 bits per heavy atom. The number of para-hydroxylation sites is 1. The molecule has 0 saturated carbocycles. The van der Waals surface area contributed by atoms with Gasteiger partial charge in [0.15, 0.2) is 12.4 Å². The van der Waals surface area contributed by atoms with Crippen LogP contribution in [-0.2, 0) is 0 Å². The number of rotatable bonds is 3. The maximum Gasteiger partial charge on any atom is 0.256 e. The van der Waals surface area contributed by atoms with Crippen LogP contribution in [0.15, 0.2) is 79.1 Å². The number of aryl methyl sites for hydroxylation is 1. The second-order valence-corrected chi connectivity index (χ2v) is 6.18. The van der Waals surface area contributed by atoms with E-state index >= 15 is 0 Å². The molecular weight excluding hydrogens is 322 g/mol. The molecule has 2 N–H and O–H groups in total. The SMILES string of the molecule is Cc1cccc(-c2cc(C(=O)Nc3cc[nH+]cc3)c3ccccc3n2)c1. The lowest BCUT2D eigenvalue weighted by molar-refractivity contribution is -0.377. The Morgan fingerprint density at radius 1 is 0.962 bits per heavy atom. The van der Waals surface area contributed by atoms with Crippen molar-refractivity contribution in [2.75, 3.05) is 5.32 Å². The fraction of sp³-hybridized carbons (Fsp3) is 0.0455. The van der Waals surface area contributed by atoms with Gasteiger partial charge in [-0.1, -0.05) is 42.0 Å². The van der Waals surface area contributed by atoms with Gasteiger partial charge in [-0.25, -0.2) is 9.97 Å². The first-order chi connectivity index (χ1) is 12.7. The highest BCUT2D eigenvalue weighted by Gasteiger charge is 2.14. The molecule has 0 saturated heterocycles. The summed E-state index contributed by atoms with van der Waals surface area (Å²) in [5.41, 5.74) is 5.10. The van der Waals surface area contributed by atoms with Gasteiger partial charge in [-0.3, -0.25) is 4.79 Å². The summed E-state index contributed by atoms with van der Waals surface area (Å²) in [6.07, 6.45) is 3.55. The predicted octanol–water partition coefficient (Wildman–Crippen LogP) is 4.28. The highest BCUT2D eigenvalue weighted by atomic mass is 16.1. The minimum absolute atomic E-state index is 0.149. The van der Waals surface area contributed by atoms with Crippen LogP contribution >= 0.6 is 0 Å². The molecule has 0 atom stereocenters. The maximum atomic E-state index is 12.9. The van der Waals surface area contributed by atoms with Crippen molar-refractivity contribution in [1.29, 1.82) is 0 Å². The number of aromatic nitrogens is 2. The molecule has 4 rings (SSSR count). The first-order valence-corrected chi connectivity index (χ1v) is 8.45. The van der Waals surface area contributed by atoms with Crippen LogP contribution in [0.25, 0.3) is 22.2 Å². The molecule has 0 aliphatic heterocycles. The fourth-order valence-electron chi connectivity index (χ4n) is 2.98. The topological polar surface area (TPSA) is 56.1 Å². The van der Waals surface area contributed by atoms with E-state index < -0.39 is 0 Å². The van der Waals surface area contributed by atoms with Crippen molar-refractivity contribution < 1.29 is 9.78 Å². The number of nitrogens with zero attached hydrogens (tertiary/aromatic N) is 1. The highest BCUT2D eigenvalue weighted by Crippen LogP contribution is 2.26. The van der Waals surface area contributed by atoms with Crippen molar-refractivity contribution in [2.24, 2.45) is 0 Å². The zero-order valence-electron chi connectivity index (χ0n) is 14.4. The van der Waals surface area contributed by atoms with E-state index in [1.807, 2.05) is 67.6 Å². The molecule has 4 nitrogen and oxygen atoms in total. The first-order valence-electron chi connectivity index (χ1n) is 8.45. The van der Waals surface area contributed by atoms with E-state index in [0.29, 0.717) is 5.56 Å². The van der Waals surface area contributed by atoms with Crippen LogP contribution in [0.4, 0.5) is 5.69 Å². The van der Waals surface area contributed by atoms with Gasteiger partial charge in [0, 0.05) is 23.1 Å². The number of aromatic amines is 1. The van der Waals surface area contributed by atoms with E-state index in [-0.39, 0.29) is 5.91 Å². The summed E-state index contributed by atoms with van der Waals surface area (Å²) >= 11 is 0. The van der Waals surface area contributed by atoms with Gasteiger partial charge < -0.3 is 5.32 Å². The number of benzene rings is 2. The van der Waals surface area contributed by atoms with Crippen molar-refractivity contribution >= 4 is 22.5 Å². The molecule has 2 aromatic heterocycles. The van der Waals surface area contributed by atoms with Gasteiger partial charge in [0.25, 0.3) is 5.91 Å². The Bertz CT molecular complexity index is 1090. The Kier molecular flexibility index (Phi) is 4.15. The summed E-state index contributed by atoms with van der Waals surface area (Å²) in [6, 6.07) is 21.4. The number of amides is 1. The average Bonchev–Trinajstić information content (AvgIpc) is 2.68. The summed E-state index contributed by atoms with van der Waals surface area (Å²) < 4.78 is 0. The van der Waals surface area contributed by atoms with Crippen molar-refractivity contribution in [3.05, 3.63) is 90.3 Å². The molecule has 4 heteroatoms. The number of anilines is 1. The van der Waals surface area contributed by atoms with Crippen molar-refractivity contribution in [3.8, 4) is 11.3 Å². The van der Waals surface area contributed by atoms with Gasteiger partial charge in [-0.2, -0.15) is 0 Å². The monoisotopic (exact) mass is 340 g/mol. The molecule has 0 bridgehead atoms. The number of pyridine rings is 2. The van der Waals surface area contributed by atoms with E-state index in [0.717, 1.165) is 33.4 Å². The Labute approximate surface area is 151 Å². The Balaban J connectivity index is 1.83. The van der Waals surface area contributed by atoms with Crippen LogP contribution in [0.5, 0.6) is 0 Å². The average molecular weight is 340 g/mol. The minimum atomic E-state index is -0.149. The normalized spacial score (nSPS) is 10.7.